The standard InChI is InChI=1S/C23H28N4O6S2/c1-8-33-22(29)18-12(2)13(3)35-21(18)24-17(28)11-34-23-26-25-20(27(23)4)14-9-15(30-5)19(32-7)16(10-14)31-6/h9-10H,8,11H2,1-7H3,(H,24,28). The summed E-state index contributed by atoms with van der Waals surface area (Å²) in [6.45, 7) is 5.75. The van der Waals surface area contributed by atoms with E-state index in [-0.39, 0.29) is 18.3 Å². The van der Waals surface area contributed by atoms with Crippen LogP contribution in [0.4, 0.5) is 5.00 Å². The smallest absolute Gasteiger partial charge is 0.341 e. The largest absolute Gasteiger partial charge is 0.493 e. The summed E-state index contributed by atoms with van der Waals surface area (Å²) in [7, 11) is 6.43. The third-order valence-electron chi connectivity index (χ3n) is 5.21. The number of ether oxygens (including phenoxy) is 4. The maximum Gasteiger partial charge on any atom is 0.341 e. The molecule has 0 aliphatic heterocycles. The molecule has 0 aliphatic rings. The van der Waals surface area contributed by atoms with Crippen molar-refractivity contribution >= 4 is 40.0 Å². The van der Waals surface area contributed by atoms with Gasteiger partial charge in [0, 0.05) is 17.5 Å². The van der Waals surface area contributed by atoms with Crippen LogP contribution in [-0.2, 0) is 16.6 Å². The molecule has 0 spiro atoms. The van der Waals surface area contributed by atoms with E-state index in [0.29, 0.717) is 38.8 Å². The number of esters is 1. The molecule has 0 fully saturated rings. The average Bonchev–Trinajstić information content (AvgIpc) is 3.34. The van der Waals surface area contributed by atoms with E-state index in [9.17, 15) is 9.59 Å². The first-order valence-corrected chi connectivity index (χ1v) is 12.4. The van der Waals surface area contributed by atoms with Gasteiger partial charge in [-0.3, -0.25) is 4.79 Å². The zero-order valence-corrected chi connectivity index (χ0v) is 22.3. The van der Waals surface area contributed by atoms with Gasteiger partial charge in [0.05, 0.1) is 39.3 Å². The highest BCUT2D eigenvalue weighted by Crippen LogP contribution is 2.41. The van der Waals surface area contributed by atoms with Crippen molar-refractivity contribution in [3.8, 4) is 28.6 Å². The van der Waals surface area contributed by atoms with Crippen LogP contribution in [-0.4, -0.2) is 60.3 Å². The van der Waals surface area contributed by atoms with E-state index in [1.807, 2.05) is 20.9 Å². The van der Waals surface area contributed by atoms with Gasteiger partial charge in [-0.15, -0.1) is 21.5 Å². The molecule has 12 heteroatoms. The van der Waals surface area contributed by atoms with Gasteiger partial charge >= 0.3 is 5.97 Å². The van der Waals surface area contributed by atoms with Crippen LogP contribution < -0.4 is 19.5 Å². The molecule has 1 amide bonds. The van der Waals surface area contributed by atoms with Gasteiger partial charge in [-0.2, -0.15) is 0 Å². The lowest BCUT2D eigenvalue weighted by Gasteiger charge is -2.14. The summed E-state index contributed by atoms with van der Waals surface area (Å²) in [4.78, 5) is 26.0. The molecule has 0 saturated carbocycles. The first-order chi connectivity index (χ1) is 16.7. The van der Waals surface area contributed by atoms with Crippen molar-refractivity contribution in [1.82, 2.24) is 14.8 Å². The minimum absolute atomic E-state index is 0.0828. The summed E-state index contributed by atoms with van der Waals surface area (Å²) in [5.74, 6) is 1.42. The average molecular weight is 521 g/mol. The summed E-state index contributed by atoms with van der Waals surface area (Å²) in [6, 6.07) is 3.57. The van der Waals surface area contributed by atoms with Crippen LogP contribution in [0.3, 0.4) is 0 Å². The van der Waals surface area contributed by atoms with Gasteiger partial charge in [0.2, 0.25) is 11.7 Å². The number of benzene rings is 1. The molecule has 35 heavy (non-hydrogen) atoms. The van der Waals surface area contributed by atoms with Gasteiger partial charge < -0.3 is 28.8 Å². The maximum absolute atomic E-state index is 12.7. The van der Waals surface area contributed by atoms with Crippen LogP contribution in [0.5, 0.6) is 17.2 Å². The molecule has 3 aromatic rings. The number of carbonyl (C=O) groups is 2. The van der Waals surface area contributed by atoms with E-state index in [1.54, 1.807) is 37.8 Å². The Bertz CT molecular complexity index is 1210. The second-order valence-corrected chi connectivity index (χ2v) is 9.49. The Hall–Kier alpha value is -3.25. The monoisotopic (exact) mass is 520 g/mol. The number of nitrogens with zero attached hydrogens (tertiary/aromatic N) is 3. The number of hydrogen-bond acceptors (Lipinski definition) is 10. The van der Waals surface area contributed by atoms with Crippen molar-refractivity contribution in [3.05, 3.63) is 28.1 Å². The van der Waals surface area contributed by atoms with Crippen LogP contribution in [0.2, 0.25) is 0 Å². The molecule has 2 aromatic heterocycles. The number of aryl methyl sites for hydroxylation is 1. The quantitative estimate of drug-likeness (QED) is 0.312. The van der Waals surface area contributed by atoms with Gasteiger partial charge in [-0.1, -0.05) is 11.8 Å². The Morgan fingerprint density at radius 3 is 2.31 bits per heavy atom. The van der Waals surface area contributed by atoms with Gasteiger partial charge in [-0.05, 0) is 38.5 Å². The predicted octanol–water partition coefficient (Wildman–Crippen LogP) is 4.09. The second-order valence-electron chi connectivity index (χ2n) is 7.32. The summed E-state index contributed by atoms with van der Waals surface area (Å²) >= 11 is 2.58. The van der Waals surface area contributed by atoms with Crippen LogP contribution in [0.15, 0.2) is 17.3 Å². The summed E-state index contributed by atoms with van der Waals surface area (Å²) in [5, 5.41) is 12.4. The molecule has 10 nitrogen and oxygen atoms in total. The zero-order valence-electron chi connectivity index (χ0n) is 20.7. The first kappa shape index (κ1) is 26.4. The topological polar surface area (TPSA) is 114 Å². The van der Waals surface area contributed by atoms with Crippen molar-refractivity contribution in [2.75, 3.05) is 39.0 Å². The summed E-state index contributed by atoms with van der Waals surface area (Å²) in [6.07, 6.45) is 0. The molecule has 1 aromatic carbocycles. The molecule has 0 atom stereocenters. The number of thiophene rings is 1. The van der Waals surface area contributed by atoms with Crippen LogP contribution in [0.1, 0.15) is 27.7 Å². The SMILES string of the molecule is CCOC(=O)c1c(NC(=O)CSc2nnc(-c3cc(OC)c(OC)c(OC)c3)n2C)sc(C)c1C. The molecular formula is C23H28N4O6S2. The fraction of sp³-hybridized carbons (Fsp3) is 0.391. The Kier molecular flexibility index (Phi) is 8.62. The van der Waals surface area contributed by atoms with Crippen LogP contribution in [0, 0.1) is 13.8 Å². The van der Waals surface area contributed by atoms with Crippen LogP contribution >= 0.6 is 23.1 Å². The number of rotatable bonds is 10. The number of hydrogen-bond donors (Lipinski definition) is 1. The third kappa shape index (κ3) is 5.54. The molecule has 188 valence electrons. The van der Waals surface area contributed by atoms with Crippen molar-refractivity contribution in [2.45, 2.75) is 25.9 Å². The minimum atomic E-state index is -0.444. The first-order valence-electron chi connectivity index (χ1n) is 10.6. The Morgan fingerprint density at radius 1 is 1.09 bits per heavy atom. The molecule has 0 bridgehead atoms. The van der Waals surface area contributed by atoms with Gasteiger partial charge in [0.25, 0.3) is 0 Å². The van der Waals surface area contributed by atoms with Crippen molar-refractivity contribution in [2.24, 2.45) is 7.05 Å². The summed E-state index contributed by atoms with van der Waals surface area (Å²) < 4.78 is 23.1. The molecule has 1 N–H and O–H groups in total. The fourth-order valence-corrected chi connectivity index (χ4v) is 5.13. The molecule has 0 unspecified atom stereocenters. The van der Waals surface area contributed by atoms with E-state index < -0.39 is 5.97 Å². The van der Waals surface area contributed by atoms with Crippen molar-refractivity contribution in [3.63, 3.8) is 0 Å². The molecule has 2 heterocycles. The predicted molar refractivity (Wildman–Crippen MR) is 135 cm³/mol. The summed E-state index contributed by atoms with van der Waals surface area (Å²) in [5.41, 5.74) is 1.92. The number of anilines is 1. The van der Waals surface area contributed by atoms with E-state index >= 15 is 0 Å². The lowest BCUT2D eigenvalue weighted by atomic mass is 10.1. The van der Waals surface area contributed by atoms with Crippen molar-refractivity contribution < 1.29 is 28.5 Å². The number of aromatic nitrogens is 3. The van der Waals surface area contributed by atoms with Gasteiger partial charge in [-0.25, -0.2) is 4.79 Å². The molecule has 3 rings (SSSR count). The number of methoxy groups -OCH3 is 3. The van der Waals surface area contributed by atoms with E-state index in [0.717, 1.165) is 16.0 Å². The third-order valence-corrected chi connectivity index (χ3v) is 7.35. The fourth-order valence-electron chi connectivity index (χ4n) is 3.36. The molecule has 0 aliphatic carbocycles. The van der Waals surface area contributed by atoms with Gasteiger partial charge in [0.1, 0.15) is 5.00 Å². The molecule has 0 saturated heterocycles. The maximum atomic E-state index is 12.7. The lowest BCUT2D eigenvalue weighted by Crippen LogP contribution is -2.16. The minimum Gasteiger partial charge on any atom is -0.493 e. The Morgan fingerprint density at radius 2 is 1.74 bits per heavy atom. The number of thioether (sulfide) groups is 1. The molecule has 0 radical (unpaired) electrons. The lowest BCUT2D eigenvalue weighted by molar-refractivity contribution is -0.113. The van der Waals surface area contributed by atoms with E-state index in [4.69, 9.17) is 18.9 Å². The molecular weight excluding hydrogens is 492 g/mol. The number of carbonyl (C=O) groups excluding carboxylic acids is 2. The van der Waals surface area contributed by atoms with Gasteiger partial charge in [0.15, 0.2) is 22.5 Å². The zero-order chi connectivity index (χ0) is 25.7. The van der Waals surface area contributed by atoms with Crippen LogP contribution in [0.25, 0.3) is 11.4 Å². The number of nitrogens with one attached hydrogen (secondary N) is 1. The Balaban J connectivity index is 1.76. The highest BCUT2D eigenvalue weighted by Gasteiger charge is 2.23. The Labute approximate surface area is 211 Å². The van der Waals surface area contributed by atoms with E-state index in [1.165, 1.54) is 30.2 Å². The highest BCUT2D eigenvalue weighted by molar-refractivity contribution is 7.99. The normalized spacial score (nSPS) is 10.7. The van der Waals surface area contributed by atoms with E-state index in [2.05, 4.69) is 15.5 Å². The highest BCUT2D eigenvalue weighted by atomic mass is 32.2. The van der Waals surface area contributed by atoms with Crippen molar-refractivity contribution in [1.29, 1.82) is 0 Å². The number of amides is 1. The second kappa shape index (κ2) is 11.5.